The van der Waals surface area contributed by atoms with Crippen LogP contribution in [0.1, 0.15) is 45.4 Å². The lowest BCUT2D eigenvalue weighted by atomic mass is 9.88. The van der Waals surface area contributed by atoms with Crippen molar-refractivity contribution in [1.82, 2.24) is 4.98 Å². The first-order chi connectivity index (χ1) is 8.83. The number of nitrogens with zero attached hydrogens (tertiary/aromatic N) is 1. The zero-order chi connectivity index (χ0) is 14.0. The maximum absolute atomic E-state index is 11.7. The zero-order valence-electron chi connectivity index (χ0n) is 12.1. The molecule has 1 aromatic rings. The summed E-state index contributed by atoms with van der Waals surface area (Å²) < 4.78 is 5.23. The third kappa shape index (κ3) is 3.94. The number of nitrogens with one attached hydrogen (secondary N) is 1. The van der Waals surface area contributed by atoms with E-state index in [9.17, 15) is 4.79 Å². The van der Waals surface area contributed by atoms with Crippen LogP contribution in [0.3, 0.4) is 0 Å². The van der Waals surface area contributed by atoms with Gasteiger partial charge in [0.2, 0.25) is 0 Å². The van der Waals surface area contributed by atoms with Crippen LogP contribution in [0.25, 0.3) is 0 Å². The monoisotopic (exact) mass is 262 g/mol. The summed E-state index contributed by atoms with van der Waals surface area (Å²) >= 11 is 0. The van der Waals surface area contributed by atoms with Crippen molar-refractivity contribution >= 4 is 11.8 Å². The molecule has 1 heterocycles. The Morgan fingerprint density at radius 2 is 2.21 bits per heavy atom. The Morgan fingerprint density at radius 3 is 2.89 bits per heavy atom. The van der Waals surface area contributed by atoms with Gasteiger partial charge in [0.05, 0.1) is 11.9 Å². The number of hydrogen-bond acceptors (Lipinski definition) is 3. The van der Waals surface area contributed by atoms with E-state index in [1.165, 1.54) is 12.0 Å². The molecule has 0 bridgehead atoms. The van der Waals surface area contributed by atoms with E-state index in [-0.39, 0.29) is 0 Å². The van der Waals surface area contributed by atoms with Crippen LogP contribution in [0.2, 0.25) is 0 Å². The second-order valence-corrected chi connectivity index (χ2v) is 6.30. The molecule has 0 aromatic carbocycles. The van der Waals surface area contributed by atoms with Crippen molar-refractivity contribution in [1.29, 1.82) is 0 Å². The normalized spacial score (nSPS) is 18.6. The molecule has 0 spiro atoms. The first-order valence-electron chi connectivity index (χ1n) is 6.81. The van der Waals surface area contributed by atoms with Crippen LogP contribution >= 0.6 is 0 Å². The summed E-state index contributed by atoms with van der Waals surface area (Å²) in [5.74, 6) is 0.686. The van der Waals surface area contributed by atoms with Crippen LogP contribution in [0, 0.1) is 5.92 Å². The molecule has 4 nitrogen and oxygen atoms in total. The van der Waals surface area contributed by atoms with Gasteiger partial charge >= 0.3 is 6.09 Å². The maximum Gasteiger partial charge on any atom is 0.412 e. The fourth-order valence-corrected chi connectivity index (χ4v) is 2.29. The molecular formula is C15H22N2O2. The minimum absolute atomic E-state index is 0.432. The highest BCUT2D eigenvalue weighted by Crippen LogP contribution is 2.25. The number of fused-ring (bicyclic) bond motifs is 1. The molecule has 0 radical (unpaired) electrons. The number of aromatic nitrogens is 1. The Balaban J connectivity index is 2.06. The number of carbonyl (C=O) groups excluding carboxylic acids is 1. The predicted molar refractivity (Wildman–Crippen MR) is 75.3 cm³/mol. The van der Waals surface area contributed by atoms with Gasteiger partial charge in [0, 0.05) is 5.69 Å². The average molecular weight is 262 g/mol. The number of amides is 1. The molecule has 1 N–H and O–H groups in total. The van der Waals surface area contributed by atoms with Crippen LogP contribution in [0.4, 0.5) is 10.5 Å². The summed E-state index contributed by atoms with van der Waals surface area (Å²) in [4.78, 5) is 16.1. The molecule has 4 heteroatoms. The maximum atomic E-state index is 11.7. The van der Waals surface area contributed by atoms with Gasteiger partial charge in [-0.2, -0.15) is 0 Å². The molecule has 104 valence electrons. The second-order valence-electron chi connectivity index (χ2n) is 6.30. The predicted octanol–water partition coefficient (Wildman–Crippen LogP) is 3.55. The van der Waals surface area contributed by atoms with E-state index in [1.807, 2.05) is 26.8 Å². The van der Waals surface area contributed by atoms with E-state index in [2.05, 4.69) is 17.2 Å². The highest BCUT2D eigenvalue weighted by Gasteiger charge is 2.19. The molecule has 1 aromatic heterocycles. The van der Waals surface area contributed by atoms with Gasteiger partial charge in [-0.05, 0) is 57.6 Å². The summed E-state index contributed by atoms with van der Waals surface area (Å²) in [7, 11) is 0. The molecule has 19 heavy (non-hydrogen) atoms. The molecule has 0 saturated carbocycles. The average Bonchev–Trinajstić information content (AvgIpc) is 2.25. The number of hydrogen-bond donors (Lipinski definition) is 1. The molecule has 0 fully saturated rings. The van der Waals surface area contributed by atoms with Crippen LogP contribution in [-0.4, -0.2) is 16.7 Å². The topological polar surface area (TPSA) is 51.2 Å². The van der Waals surface area contributed by atoms with Crippen LogP contribution < -0.4 is 5.32 Å². The van der Waals surface area contributed by atoms with Crippen LogP contribution in [0.5, 0.6) is 0 Å². The van der Waals surface area contributed by atoms with Gasteiger partial charge in [-0.15, -0.1) is 0 Å². The summed E-state index contributed by atoms with van der Waals surface area (Å²) in [5.41, 5.74) is 2.63. The lowest BCUT2D eigenvalue weighted by molar-refractivity contribution is 0.0636. The Labute approximate surface area is 114 Å². The molecule has 0 aliphatic heterocycles. The Kier molecular flexibility index (Phi) is 3.78. The van der Waals surface area contributed by atoms with Gasteiger partial charge in [-0.3, -0.25) is 10.3 Å². The van der Waals surface area contributed by atoms with Crippen molar-refractivity contribution in [3.8, 4) is 0 Å². The number of carbonyl (C=O) groups is 1. The van der Waals surface area contributed by atoms with Crippen LogP contribution in [0.15, 0.2) is 12.3 Å². The standard InChI is InChI=1S/C15H22N2O2/c1-10-5-6-13-11(7-10)8-12(9-16-13)17-14(18)19-15(2,3)4/h8-10H,5-7H2,1-4H3,(H,17,18). The first kappa shape index (κ1) is 13.8. The smallest absolute Gasteiger partial charge is 0.412 e. The van der Waals surface area contributed by atoms with E-state index in [0.29, 0.717) is 11.6 Å². The number of pyridine rings is 1. The minimum Gasteiger partial charge on any atom is -0.444 e. The van der Waals surface area contributed by atoms with E-state index in [0.717, 1.165) is 18.5 Å². The van der Waals surface area contributed by atoms with Crippen molar-refractivity contribution in [3.05, 3.63) is 23.5 Å². The lowest BCUT2D eigenvalue weighted by Gasteiger charge is -2.22. The van der Waals surface area contributed by atoms with Gasteiger partial charge in [-0.1, -0.05) is 6.92 Å². The number of aryl methyl sites for hydroxylation is 1. The fourth-order valence-electron chi connectivity index (χ4n) is 2.29. The van der Waals surface area contributed by atoms with Gasteiger partial charge in [0.25, 0.3) is 0 Å². The van der Waals surface area contributed by atoms with Gasteiger partial charge in [0.1, 0.15) is 5.60 Å². The number of ether oxygens (including phenoxy) is 1. The fraction of sp³-hybridized carbons (Fsp3) is 0.600. The molecule has 0 saturated heterocycles. The quantitative estimate of drug-likeness (QED) is 0.842. The molecule has 1 amide bonds. The van der Waals surface area contributed by atoms with Gasteiger partial charge in [-0.25, -0.2) is 4.79 Å². The number of anilines is 1. The second kappa shape index (κ2) is 5.19. The molecule has 1 atom stereocenters. The zero-order valence-corrected chi connectivity index (χ0v) is 12.1. The first-order valence-corrected chi connectivity index (χ1v) is 6.81. The Morgan fingerprint density at radius 1 is 1.47 bits per heavy atom. The third-order valence-corrected chi connectivity index (χ3v) is 3.15. The SMILES string of the molecule is CC1CCc2ncc(NC(=O)OC(C)(C)C)cc2C1. The largest absolute Gasteiger partial charge is 0.444 e. The molecule has 1 aliphatic carbocycles. The summed E-state index contributed by atoms with van der Waals surface area (Å²) in [6.07, 6.45) is 4.53. The number of rotatable bonds is 1. The molecule has 1 aliphatic rings. The third-order valence-electron chi connectivity index (χ3n) is 3.15. The van der Waals surface area contributed by atoms with Gasteiger partial charge in [0.15, 0.2) is 0 Å². The summed E-state index contributed by atoms with van der Waals surface area (Å²) in [6.45, 7) is 7.79. The highest BCUT2D eigenvalue weighted by molar-refractivity contribution is 5.84. The van der Waals surface area contributed by atoms with Crippen molar-refractivity contribution in [2.75, 3.05) is 5.32 Å². The van der Waals surface area contributed by atoms with E-state index in [4.69, 9.17) is 4.74 Å². The molecular weight excluding hydrogens is 240 g/mol. The Hall–Kier alpha value is -1.58. The van der Waals surface area contributed by atoms with E-state index < -0.39 is 11.7 Å². The van der Waals surface area contributed by atoms with Gasteiger partial charge < -0.3 is 4.74 Å². The van der Waals surface area contributed by atoms with Crippen molar-refractivity contribution in [2.24, 2.45) is 5.92 Å². The Bertz CT molecular complexity index is 478. The summed E-state index contributed by atoms with van der Waals surface area (Å²) in [5, 5.41) is 2.74. The molecule has 2 rings (SSSR count). The van der Waals surface area contributed by atoms with E-state index >= 15 is 0 Å². The van der Waals surface area contributed by atoms with Crippen molar-refractivity contribution < 1.29 is 9.53 Å². The molecule has 1 unspecified atom stereocenters. The van der Waals surface area contributed by atoms with Crippen molar-refractivity contribution in [2.45, 2.75) is 52.6 Å². The van der Waals surface area contributed by atoms with E-state index in [1.54, 1.807) is 6.20 Å². The van der Waals surface area contributed by atoms with Crippen LogP contribution in [-0.2, 0) is 17.6 Å². The minimum atomic E-state index is -0.486. The highest BCUT2D eigenvalue weighted by atomic mass is 16.6. The van der Waals surface area contributed by atoms with Crippen molar-refractivity contribution in [3.63, 3.8) is 0 Å². The summed E-state index contributed by atoms with van der Waals surface area (Å²) in [6, 6.07) is 2.02. The lowest BCUT2D eigenvalue weighted by Crippen LogP contribution is -2.27.